The van der Waals surface area contributed by atoms with Crippen LogP contribution in [-0.2, 0) is 4.79 Å². The lowest BCUT2D eigenvalue weighted by Gasteiger charge is -2.16. The minimum atomic E-state index is -0.318. The number of nitrogens with zero attached hydrogens (tertiary/aromatic N) is 1. The van der Waals surface area contributed by atoms with E-state index in [1.54, 1.807) is 30.3 Å². The highest BCUT2D eigenvalue weighted by molar-refractivity contribution is 8.27. The van der Waals surface area contributed by atoms with E-state index < -0.39 is 0 Å². The van der Waals surface area contributed by atoms with E-state index in [1.165, 1.54) is 17.0 Å². The minimum Gasteiger partial charge on any atom is -0.504 e. The van der Waals surface area contributed by atoms with Crippen LogP contribution in [0.25, 0.3) is 6.08 Å². The van der Waals surface area contributed by atoms with Crippen molar-refractivity contribution in [2.45, 2.75) is 0 Å². The number of amides is 1. The minimum absolute atomic E-state index is 0.229. The molecule has 0 radical (unpaired) electrons. The van der Waals surface area contributed by atoms with E-state index in [0.717, 1.165) is 11.8 Å². The zero-order valence-corrected chi connectivity index (χ0v) is 15.0. The predicted octanol–water partition coefficient (Wildman–Crippen LogP) is 4.81. The van der Waals surface area contributed by atoms with E-state index in [2.05, 4.69) is 0 Å². The fourth-order valence-corrected chi connectivity index (χ4v) is 3.90. The highest BCUT2D eigenvalue weighted by Crippen LogP contribution is 2.40. The highest BCUT2D eigenvalue weighted by Gasteiger charge is 2.34. The standard InChI is InChI=1S/C16H9Cl2NO3S2/c17-9-2-3-11(10(18)7-9)19-15(22)14(24-16(19)23)6-8-1-4-12(20)13(21)5-8/h1-7,20-21H. The normalized spacial score (nSPS) is 16.2. The van der Waals surface area contributed by atoms with Crippen molar-refractivity contribution < 1.29 is 15.0 Å². The summed E-state index contributed by atoms with van der Waals surface area (Å²) in [5.74, 6) is -0.811. The fraction of sp³-hybridized carbons (Fsp3) is 0. The van der Waals surface area contributed by atoms with Gasteiger partial charge in [-0.25, -0.2) is 0 Å². The van der Waals surface area contributed by atoms with Crippen molar-refractivity contribution in [2.75, 3.05) is 4.90 Å². The molecule has 1 aliphatic heterocycles. The maximum atomic E-state index is 12.7. The quantitative estimate of drug-likeness (QED) is 0.432. The molecule has 0 saturated carbocycles. The molecule has 3 rings (SSSR count). The van der Waals surface area contributed by atoms with Crippen molar-refractivity contribution in [3.63, 3.8) is 0 Å². The van der Waals surface area contributed by atoms with E-state index in [-0.39, 0.29) is 17.4 Å². The maximum Gasteiger partial charge on any atom is 0.270 e. The molecule has 1 fully saturated rings. The third-order valence-corrected chi connectivity index (χ3v) is 5.08. The van der Waals surface area contributed by atoms with E-state index in [1.807, 2.05) is 0 Å². The van der Waals surface area contributed by atoms with Gasteiger partial charge in [-0.05, 0) is 42.0 Å². The zero-order valence-electron chi connectivity index (χ0n) is 11.9. The van der Waals surface area contributed by atoms with Gasteiger partial charge in [0.1, 0.15) is 0 Å². The van der Waals surface area contributed by atoms with Crippen LogP contribution in [0, 0.1) is 0 Å². The van der Waals surface area contributed by atoms with Crippen molar-refractivity contribution >= 4 is 69.2 Å². The summed E-state index contributed by atoms with van der Waals surface area (Å²) in [5, 5.41) is 19.7. The molecule has 0 bridgehead atoms. The number of hydrogen-bond acceptors (Lipinski definition) is 5. The summed E-state index contributed by atoms with van der Waals surface area (Å²) in [6, 6.07) is 9.08. The Morgan fingerprint density at radius 2 is 1.83 bits per heavy atom. The second kappa shape index (κ2) is 6.64. The Morgan fingerprint density at radius 3 is 2.50 bits per heavy atom. The molecule has 0 aliphatic carbocycles. The number of hydrogen-bond donors (Lipinski definition) is 2. The Kier molecular flexibility index (Phi) is 4.73. The van der Waals surface area contributed by atoms with E-state index >= 15 is 0 Å². The largest absolute Gasteiger partial charge is 0.504 e. The first-order valence-corrected chi connectivity index (χ1v) is 8.60. The SMILES string of the molecule is O=C1C(=Cc2ccc(O)c(O)c2)SC(=S)N1c1ccc(Cl)cc1Cl. The molecule has 1 amide bonds. The van der Waals surface area contributed by atoms with Gasteiger partial charge >= 0.3 is 0 Å². The average molecular weight is 398 g/mol. The molecule has 0 aromatic heterocycles. The summed E-state index contributed by atoms with van der Waals surface area (Å²) < 4.78 is 0.346. The number of aromatic hydroxyl groups is 2. The van der Waals surface area contributed by atoms with Gasteiger partial charge in [0.2, 0.25) is 0 Å². The first-order valence-electron chi connectivity index (χ1n) is 6.62. The Hall–Kier alpha value is -1.73. The molecule has 0 unspecified atom stereocenters. The molecule has 0 spiro atoms. The number of benzene rings is 2. The van der Waals surface area contributed by atoms with Crippen LogP contribution in [-0.4, -0.2) is 20.4 Å². The lowest BCUT2D eigenvalue weighted by molar-refractivity contribution is -0.113. The summed E-state index contributed by atoms with van der Waals surface area (Å²) >= 11 is 18.4. The van der Waals surface area contributed by atoms with E-state index in [9.17, 15) is 15.0 Å². The molecular weight excluding hydrogens is 389 g/mol. The van der Waals surface area contributed by atoms with Crippen LogP contribution in [0.2, 0.25) is 10.0 Å². The van der Waals surface area contributed by atoms with Crippen LogP contribution in [0.15, 0.2) is 41.3 Å². The highest BCUT2D eigenvalue weighted by atomic mass is 35.5. The summed E-state index contributed by atoms with van der Waals surface area (Å²) in [5.41, 5.74) is 1.02. The Bertz CT molecular complexity index is 899. The Morgan fingerprint density at radius 1 is 1.08 bits per heavy atom. The summed E-state index contributed by atoms with van der Waals surface area (Å²) in [6.07, 6.45) is 1.59. The van der Waals surface area contributed by atoms with Crippen molar-refractivity contribution in [1.82, 2.24) is 0 Å². The number of anilines is 1. The van der Waals surface area contributed by atoms with Gasteiger partial charge in [0.25, 0.3) is 5.91 Å². The van der Waals surface area contributed by atoms with Crippen molar-refractivity contribution in [1.29, 1.82) is 0 Å². The molecule has 2 aromatic carbocycles. The Labute approximate surface area is 157 Å². The van der Waals surface area contributed by atoms with Gasteiger partial charge in [-0.2, -0.15) is 0 Å². The molecule has 122 valence electrons. The molecule has 4 nitrogen and oxygen atoms in total. The van der Waals surface area contributed by atoms with Gasteiger partial charge in [0.15, 0.2) is 15.8 Å². The number of carbonyl (C=O) groups excluding carboxylic acids is 1. The van der Waals surface area contributed by atoms with Crippen LogP contribution in [0.1, 0.15) is 5.56 Å². The molecule has 8 heteroatoms. The second-order valence-corrected chi connectivity index (χ2v) is 7.38. The van der Waals surface area contributed by atoms with Crippen LogP contribution >= 0.6 is 47.2 Å². The van der Waals surface area contributed by atoms with Crippen LogP contribution < -0.4 is 4.90 Å². The summed E-state index contributed by atoms with van der Waals surface area (Å²) in [4.78, 5) is 14.4. The summed E-state index contributed by atoms with van der Waals surface area (Å²) in [6.45, 7) is 0. The number of phenols is 2. The number of thioether (sulfide) groups is 1. The third-order valence-electron chi connectivity index (χ3n) is 3.24. The van der Waals surface area contributed by atoms with Gasteiger partial charge in [-0.3, -0.25) is 9.69 Å². The average Bonchev–Trinajstić information content (AvgIpc) is 2.78. The van der Waals surface area contributed by atoms with Gasteiger partial charge in [0, 0.05) is 5.02 Å². The van der Waals surface area contributed by atoms with E-state index in [4.69, 9.17) is 35.4 Å². The van der Waals surface area contributed by atoms with Gasteiger partial charge < -0.3 is 10.2 Å². The summed E-state index contributed by atoms with van der Waals surface area (Å²) in [7, 11) is 0. The first kappa shape index (κ1) is 17.1. The number of halogens is 2. The number of rotatable bonds is 2. The monoisotopic (exact) mass is 397 g/mol. The molecule has 1 aliphatic rings. The molecular formula is C16H9Cl2NO3S2. The van der Waals surface area contributed by atoms with Crippen molar-refractivity contribution in [3.05, 3.63) is 56.9 Å². The zero-order chi connectivity index (χ0) is 17.4. The number of phenolic OH excluding ortho intramolecular Hbond substituents is 2. The van der Waals surface area contributed by atoms with Crippen LogP contribution in [0.4, 0.5) is 5.69 Å². The molecule has 1 heterocycles. The number of thiocarbonyl (C=S) groups is 1. The van der Waals surface area contributed by atoms with Crippen LogP contribution in [0.3, 0.4) is 0 Å². The topological polar surface area (TPSA) is 60.8 Å². The maximum absolute atomic E-state index is 12.7. The van der Waals surface area contributed by atoms with Crippen molar-refractivity contribution in [3.8, 4) is 11.5 Å². The van der Waals surface area contributed by atoms with Crippen molar-refractivity contribution in [2.24, 2.45) is 0 Å². The fourth-order valence-electron chi connectivity index (χ4n) is 2.12. The van der Waals surface area contributed by atoms with Gasteiger partial charge in [0.05, 0.1) is 15.6 Å². The lowest BCUT2D eigenvalue weighted by Crippen LogP contribution is -2.27. The molecule has 24 heavy (non-hydrogen) atoms. The lowest BCUT2D eigenvalue weighted by atomic mass is 10.2. The number of carbonyl (C=O) groups is 1. The molecule has 0 atom stereocenters. The Balaban J connectivity index is 1.96. The van der Waals surface area contributed by atoms with Gasteiger partial charge in [-0.15, -0.1) is 0 Å². The molecule has 1 saturated heterocycles. The third kappa shape index (κ3) is 3.23. The van der Waals surface area contributed by atoms with Crippen LogP contribution in [0.5, 0.6) is 11.5 Å². The molecule has 2 N–H and O–H groups in total. The predicted molar refractivity (Wildman–Crippen MR) is 102 cm³/mol. The first-order chi connectivity index (χ1) is 11.4. The van der Waals surface area contributed by atoms with E-state index in [0.29, 0.717) is 30.5 Å². The second-order valence-electron chi connectivity index (χ2n) is 4.86. The smallest absolute Gasteiger partial charge is 0.270 e. The molecule has 2 aromatic rings. The van der Waals surface area contributed by atoms with Gasteiger partial charge in [-0.1, -0.05) is 53.2 Å².